The maximum Gasteiger partial charge on any atom is 0.335 e. The number of carbonyl (C=O) groups is 1. The Hall–Kier alpha value is -4.37. The second-order valence-corrected chi connectivity index (χ2v) is 11.9. The second kappa shape index (κ2) is 12.0. The number of imidazole rings is 1. The monoisotopic (exact) mass is 595 g/mol. The third kappa shape index (κ3) is 5.64. The van der Waals surface area contributed by atoms with Gasteiger partial charge in [-0.05, 0) is 66.8 Å². The van der Waals surface area contributed by atoms with Crippen molar-refractivity contribution in [1.29, 1.82) is 5.26 Å². The van der Waals surface area contributed by atoms with Gasteiger partial charge in [-0.3, -0.25) is 9.80 Å². The van der Waals surface area contributed by atoms with Gasteiger partial charge in [0.2, 0.25) is 0 Å². The van der Waals surface area contributed by atoms with Crippen LogP contribution in [0.4, 0.5) is 10.2 Å². The van der Waals surface area contributed by atoms with E-state index in [4.69, 9.17) is 15.0 Å². The highest BCUT2D eigenvalue weighted by Crippen LogP contribution is 2.32. The molecule has 3 aliphatic heterocycles. The van der Waals surface area contributed by atoms with Gasteiger partial charge in [0.25, 0.3) is 0 Å². The van der Waals surface area contributed by atoms with Crippen LogP contribution in [0.3, 0.4) is 0 Å². The second-order valence-electron chi connectivity index (χ2n) is 11.9. The summed E-state index contributed by atoms with van der Waals surface area (Å²) in [6, 6.07) is 15.9. The van der Waals surface area contributed by atoms with Gasteiger partial charge in [-0.2, -0.15) is 5.26 Å². The fourth-order valence-electron chi connectivity index (χ4n) is 6.69. The van der Waals surface area contributed by atoms with Crippen LogP contribution in [-0.2, 0) is 30.7 Å². The first-order valence-electron chi connectivity index (χ1n) is 15.1. The van der Waals surface area contributed by atoms with Gasteiger partial charge in [-0.15, -0.1) is 0 Å². The van der Waals surface area contributed by atoms with Crippen molar-refractivity contribution in [2.24, 2.45) is 5.92 Å². The lowest BCUT2D eigenvalue weighted by molar-refractivity contribution is -0.0592. The van der Waals surface area contributed by atoms with Gasteiger partial charge in [-0.1, -0.05) is 12.1 Å². The summed E-state index contributed by atoms with van der Waals surface area (Å²) in [5.74, 6) is 0.622. The van der Waals surface area contributed by atoms with E-state index in [0.717, 1.165) is 73.9 Å². The number of hydrogen-bond donors (Lipinski definition) is 2. The zero-order valence-electron chi connectivity index (χ0n) is 24.3. The molecule has 2 saturated heterocycles. The first-order chi connectivity index (χ1) is 21.4. The quantitative estimate of drug-likeness (QED) is 0.313. The van der Waals surface area contributed by atoms with Crippen molar-refractivity contribution >= 4 is 22.8 Å². The molecule has 2 N–H and O–H groups in total. The van der Waals surface area contributed by atoms with Gasteiger partial charge in [0.05, 0.1) is 53.6 Å². The molecule has 11 heteroatoms. The summed E-state index contributed by atoms with van der Waals surface area (Å²) in [5, 5.41) is 22.4. The summed E-state index contributed by atoms with van der Waals surface area (Å²) in [6.45, 7) is 5.36. The average molecular weight is 596 g/mol. The van der Waals surface area contributed by atoms with Crippen LogP contribution in [0.1, 0.15) is 39.3 Å². The number of nitrogens with zero attached hydrogens (tertiary/aromatic N) is 6. The van der Waals surface area contributed by atoms with E-state index in [9.17, 15) is 14.3 Å². The number of carboxylic acid groups (broad SMARTS) is 1. The molecule has 5 heterocycles. The Morgan fingerprint density at radius 3 is 2.73 bits per heavy atom. The Morgan fingerprint density at radius 2 is 2.00 bits per heavy atom. The van der Waals surface area contributed by atoms with E-state index in [1.54, 1.807) is 36.5 Å². The molecule has 7 rings (SSSR count). The molecule has 0 unspecified atom stereocenters. The summed E-state index contributed by atoms with van der Waals surface area (Å²) >= 11 is 0. The van der Waals surface area contributed by atoms with Gasteiger partial charge in [0.15, 0.2) is 0 Å². The van der Waals surface area contributed by atoms with Crippen LogP contribution in [0.25, 0.3) is 11.0 Å². The molecule has 3 atom stereocenters. The number of nitriles is 1. The highest BCUT2D eigenvalue weighted by Gasteiger charge is 2.35. The van der Waals surface area contributed by atoms with Crippen molar-refractivity contribution in [3.63, 3.8) is 0 Å². The zero-order valence-corrected chi connectivity index (χ0v) is 24.3. The molecule has 2 aromatic carbocycles. The van der Waals surface area contributed by atoms with Gasteiger partial charge in [0, 0.05) is 44.9 Å². The minimum absolute atomic E-state index is 0.00984. The number of ether oxygens (including phenoxy) is 1. The molecular weight excluding hydrogens is 561 g/mol. The number of rotatable bonds is 8. The molecule has 0 aliphatic carbocycles. The highest BCUT2D eigenvalue weighted by atomic mass is 19.1. The molecule has 0 radical (unpaired) electrons. The molecule has 3 aliphatic rings. The number of pyridine rings is 1. The van der Waals surface area contributed by atoms with E-state index in [2.05, 4.69) is 30.7 Å². The van der Waals surface area contributed by atoms with Crippen molar-refractivity contribution in [1.82, 2.24) is 24.3 Å². The number of aromatic carboxylic acids is 1. The molecule has 10 nitrogen and oxygen atoms in total. The summed E-state index contributed by atoms with van der Waals surface area (Å²) in [4.78, 5) is 26.0. The number of carboxylic acids is 1. The van der Waals surface area contributed by atoms with E-state index in [1.165, 1.54) is 6.07 Å². The molecular formula is C33H34FN7O3. The molecule has 2 fully saturated rings. The van der Waals surface area contributed by atoms with Crippen molar-refractivity contribution in [3.05, 3.63) is 88.6 Å². The number of hydrogen-bond acceptors (Lipinski definition) is 8. The predicted octanol–water partition coefficient (Wildman–Crippen LogP) is 3.90. The molecule has 226 valence electrons. The van der Waals surface area contributed by atoms with Crippen molar-refractivity contribution < 1.29 is 19.0 Å². The molecule has 0 amide bonds. The third-order valence-corrected chi connectivity index (χ3v) is 9.19. The Balaban J connectivity index is 1.08. The number of anilines is 1. The molecule has 44 heavy (non-hydrogen) atoms. The normalized spacial score (nSPS) is 22.1. The summed E-state index contributed by atoms with van der Waals surface area (Å²) < 4.78 is 22.8. The number of nitrogens with one attached hydrogen (secondary N) is 1. The first kappa shape index (κ1) is 28.4. The predicted molar refractivity (Wildman–Crippen MR) is 162 cm³/mol. The lowest BCUT2D eigenvalue weighted by Crippen LogP contribution is -2.56. The number of halogens is 1. The molecule has 2 aromatic heterocycles. The molecule has 4 aromatic rings. The van der Waals surface area contributed by atoms with Crippen molar-refractivity contribution in [3.8, 4) is 6.07 Å². The molecule has 0 saturated carbocycles. The molecule has 0 spiro atoms. The smallest absolute Gasteiger partial charge is 0.335 e. The fraction of sp³-hybridized carbons (Fsp3) is 0.394. The van der Waals surface area contributed by atoms with Crippen molar-refractivity contribution in [2.45, 2.75) is 44.6 Å². The standard InChI is InChI=1S/C33H34FN7O3/c34-27-14-21(18-35)3-4-22(27)15-25-16-23-2-1-8-36-31(23)38-32(25)40-11-9-39(10-12-40)20-30-37-28-6-5-24(33(42)43)17-29(28)41(30)19-26-7-13-44-26/h1-6,8,14,17,25-26,32H,7,9-13,15-16,19-20H2,(H,36,38)(H,42,43)/t25-,26+,32+/m1/s1. The zero-order chi connectivity index (χ0) is 30.2. The number of fused-ring (bicyclic) bond motifs is 2. The SMILES string of the molecule is N#Cc1ccc(C[C@@H]2Cc3cccnc3N[C@H]2N2CCN(Cc3nc4ccc(C(=O)O)cc4n3C[C@@H]3CCO3)CC2)c(F)c1. The van der Waals surface area contributed by atoms with Crippen LogP contribution in [0.15, 0.2) is 54.7 Å². The third-order valence-electron chi connectivity index (χ3n) is 9.19. The van der Waals surface area contributed by atoms with Gasteiger partial charge in [-0.25, -0.2) is 19.2 Å². The number of piperazine rings is 1. The fourth-order valence-corrected chi connectivity index (χ4v) is 6.69. The Bertz CT molecular complexity index is 1740. The van der Waals surface area contributed by atoms with Gasteiger partial charge >= 0.3 is 5.97 Å². The van der Waals surface area contributed by atoms with E-state index < -0.39 is 5.97 Å². The lowest BCUT2D eigenvalue weighted by Gasteiger charge is -2.45. The van der Waals surface area contributed by atoms with Gasteiger partial charge < -0.3 is 19.7 Å². The largest absolute Gasteiger partial charge is 0.478 e. The lowest BCUT2D eigenvalue weighted by atomic mass is 9.86. The summed E-state index contributed by atoms with van der Waals surface area (Å²) in [6.07, 6.45) is 4.21. The Morgan fingerprint density at radius 1 is 1.16 bits per heavy atom. The topological polar surface area (TPSA) is 120 Å². The number of aromatic nitrogens is 3. The van der Waals surface area contributed by atoms with Gasteiger partial charge in [0.1, 0.15) is 17.5 Å². The van der Waals surface area contributed by atoms with Crippen LogP contribution in [-0.4, -0.2) is 80.5 Å². The maximum absolute atomic E-state index is 14.9. The van der Waals surface area contributed by atoms with E-state index in [1.807, 2.05) is 12.1 Å². The minimum Gasteiger partial charge on any atom is -0.478 e. The van der Waals surface area contributed by atoms with E-state index >= 15 is 0 Å². The van der Waals surface area contributed by atoms with Crippen LogP contribution >= 0.6 is 0 Å². The van der Waals surface area contributed by atoms with Crippen molar-refractivity contribution in [2.75, 3.05) is 38.1 Å². The van der Waals surface area contributed by atoms with E-state index in [0.29, 0.717) is 30.6 Å². The highest BCUT2D eigenvalue weighted by molar-refractivity contribution is 5.92. The summed E-state index contributed by atoms with van der Waals surface area (Å²) in [5.41, 5.74) is 3.93. The van der Waals surface area contributed by atoms with Crippen LogP contribution < -0.4 is 5.32 Å². The van der Waals surface area contributed by atoms with Crippen LogP contribution in [0, 0.1) is 23.1 Å². The van der Waals surface area contributed by atoms with E-state index in [-0.39, 0.29) is 29.6 Å². The summed E-state index contributed by atoms with van der Waals surface area (Å²) in [7, 11) is 0. The first-order valence-corrected chi connectivity index (χ1v) is 15.1. The Labute approximate surface area is 254 Å². The Kier molecular flexibility index (Phi) is 7.72. The average Bonchev–Trinajstić information content (AvgIpc) is 3.35. The van der Waals surface area contributed by atoms with Crippen LogP contribution in [0.5, 0.6) is 0 Å². The van der Waals surface area contributed by atoms with Crippen LogP contribution in [0.2, 0.25) is 0 Å². The minimum atomic E-state index is -0.952. The maximum atomic E-state index is 14.9. The number of benzene rings is 2. The molecule has 0 bridgehead atoms.